The number of hydrogen-bond donors (Lipinski definition) is 0. The van der Waals surface area contributed by atoms with E-state index in [1.165, 1.54) is 19.3 Å². The number of rotatable bonds is 42. The molecule has 0 heterocycles. The lowest BCUT2D eigenvalue weighted by Gasteiger charge is -2.18. The fourth-order valence-corrected chi connectivity index (χ4v) is 6.00. The van der Waals surface area contributed by atoms with Crippen LogP contribution < -0.4 is 0 Å². The van der Waals surface area contributed by atoms with E-state index in [2.05, 4.69) is 124 Å². The second-order valence-corrected chi connectivity index (χ2v) is 15.8. The highest BCUT2D eigenvalue weighted by Crippen LogP contribution is 2.11. The average Bonchev–Trinajstić information content (AvgIpc) is 3.30. The zero-order chi connectivity index (χ0) is 47.2. The van der Waals surface area contributed by atoms with Gasteiger partial charge < -0.3 is 14.2 Å². The van der Waals surface area contributed by atoms with Crippen LogP contribution in [0, 0.1) is 0 Å². The van der Waals surface area contributed by atoms with Gasteiger partial charge in [-0.05, 0) is 96.3 Å². The molecule has 0 N–H and O–H groups in total. The average molecular weight is 893 g/mol. The Morgan fingerprint density at radius 1 is 0.338 bits per heavy atom. The van der Waals surface area contributed by atoms with Gasteiger partial charge in [0, 0.05) is 19.3 Å². The maximum atomic E-state index is 12.8. The largest absolute Gasteiger partial charge is 0.462 e. The van der Waals surface area contributed by atoms with Crippen LogP contribution in [0.4, 0.5) is 0 Å². The Labute approximate surface area is 397 Å². The third-order valence-electron chi connectivity index (χ3n) is 9.72. The molecule has 6 heteroatoms. The van der Waals surface area contributed by atoms with Crippen molar-refractivity contribution in [2.24, 2.45) is 0 Å². The first kappa shape index (κ1) is 60.0. The third kappa shape index (κ3) is 49.9. The van der Waals surface area contributed by atoms with Crippen LogP contribution in [0.25, 0.3) is 0 Å². The highest BCUT2D eigenvalue weighted by Gasteiger charge is 2.19. The third-order valence-corrected chi connectivity index (χ3v) is 9.72. The van der Waals surface area contributed by atoms with E-state index in [0.717, 1.165) is 103 Å². The lowest BCUT2D eigenvalue weighted by Crippen LogP contribution is -2.30. The molecular weight excluding hydrogens is 805 g/mol. The van der Waals surface area contributed by atoms with E-state index in [9.17, 15) is 14.4 Å². The van der Waals surface area contributed by atoms with E-state index >= 15 is 0 Å². The van der Waals surface area contributed by atoms with Crippen molar-refractivity contribution in [3.63, 3.8) is 0 Å². The molecule has 0 rings (SSSR count). The van der Waals surface area contributed by atoms with Crippen molar-refractivity contribution < 1.29 is 28.6 Å². The summed E-state index contributed by atoms with van der Waals surface area (Å²) in [5.41, 5.74) is 0. The van der Waals surface area contributed by atoms with Gasteiger partial charge in [-0.15, -0.1) is 0 Å². The van der Waals surface area contributed by atoms with E-state index in [1.54, 1.807) is 0 Å². The van der Waals surface area contributed by atoms with E-state index in [-0.39, 0.29) is 44.0 Å². The minimum Gasteiger partial charge on any atom is -0.462 e. The molecule has 6 nitrogen and oxygen atoms in total. The summed E-state index contributed by atoms with van der Waals surface area (Å²) in [7, 11) is 0. The van der Waals surface area contributed by atoms with Gasteiger partial charge >= 0.3 is 17.9 Å². The van der Waals surface area contributed by atoms with Crippen LogP contribution in [0.5, 0.6) is 0 Å². The molecule has 0 saturated carbocycles. The number of carbonyl (C=O) groups excluding carboxylic acids is 3. The van der Waals surface area contributed by atoms with Crippen LogP contribution in [0.15, 0.2) is 158 Å². The van der Waals surface area contributed by atoms with Crippen LogP contribution in [-0.4, -0.2) is 37.2 Å². The van der Waals surface area contributed by atoms with E-state index in [0.29, 0.717) is 19.3 Å². The normalized spacial score (nSPS) is 13.5. The summed E-state index contributed by atoms with van der Waals surface area (Å²) in [6.45, 7) is 6.19. The molecule has 0 bridgehead atoms. The zero-order valence-electron chi connectivity index (χ0n) is 40.9. The zero-order valence-corrected chi connectivity index (χ0v) is 40.9. The first-order valence-corrected chi connectivity index (χ1v) is 25.1. The molecule has 0 aromatic rings. The fraction of sp³-hybridized carbons (Fsp3) is 0.508. The smallest absolute Gasteiger partial charge is 0.306 e. The van der Waals surface area contributed by atoms with Gasteiger partial charge in [-0.3, -0.25) is 14.4 Å². The number of esters is 3. The van der Waals surface area contributed by atoms with Gasteiger partial charge in [0.15, 0.2) is 6.10 Å². The van der Waals surface area contributed by atoms with Gasteiger partial charge in [0.05, 0.1) is 0 Å². The Kier molecular flexibility index (Phi) is 47.7. The second-order valence-electron chi connectivity index (χ2n) is 15.8. The Morgan fingerprint density at radius 3 is 1.20 bits per heavy atom. The highest BCUT2D eigenvalue weighted by atomic mass is 16.6. The standard InChI is InChI=1S/C59H88O6/c1-4-7-10-13-16-19-22-25-27-29-30-32-34-37-40-43-46-49-52-58(61)64-55-56(54-63-57(60)51-48-45-42-39-36-33-24-21-18-15-12-9-6-3)65-59(62)53-50-47-44-41-38-35-31-28-26-23-20-17-14-11-8-5-2/h8-9,11-12,15-22,24-30,32-33,35-36,38-39,42,56H,4-7,10,13-14,23,31,34,37,40-41,43-55H2,1-3H3/b11-8-,12-9-,18-15-,19-16-,20-17-,24-21-,25-22-,28-26-,29-27-,32-30-,36-33-,38-35-,42-39-. The van der Waals surface area contributed by atoms with Gasteiger partial charge in [-0.1, -0.05) is 217 Å². The van der Waals surface area contributed by atoms with Crippen molar-refractivity contribution in [2.75, 3.05) is 13.2 Å². The summed E-state index contributed by atoms with van der Waals surface area (Å²) in [5, 5.41) is 0. The fourth-order valence-electron chi connectivity index (χ4n) is 6.00. The van der Waals surface area contributed by atoms with Gasteiger partial charge in [0.25, 0.3) is 0 Å². The Balaban J connectivity index is 4.63. The van der Waals surface area contributed by atoms with E-state index in [4.69, 9.17) is 14.2 Å². The van der Waals surface area contributed by atoms with Crippen LogP contribution in [0.1, 0.15) is 175 Å². The van der Waals surface area contributed by atoms with E-state index in [1.807, 2.05) is 54.7 Å². The van der Waals surface area contributed by atoms with Crippen molar-refractivity contribution in [1.29, 1.82) is 0 Å². The first-order valence-electron chi connectivity index (χ1n) is 25.1. The molecule has 0 radical (unpaired) electrons. The summed E-state index contributed by atoms with van der Waals surface area (Å²) < 4.78 is 16.7. The predicted octanol–water partition coefficient (Wildman–Crippen LogP) is 16.6. The minimum atomic E-state index is -0.841. The number of ether oxygens (including phenoxy) is 3. The van der Waals surface area contributed by atoms with Gasteiger partial charge in [-0.2, -0.15) is 0 Å². The molecule has 0 aliphatic rings. The summed E-state index contributed by atoms with van der Waals surface area (Å²) in [4.78, 5) is 37.9. The molecule has 0 fully saturated rings. The van der Waals surface area contributed by atoms with Crippen molar-refractivity contribution in [3.05, 3.63) is 158 Å². The SMILES string of the molecule is CC\C=C/C=C\C=C/C=C\C=C/CCCC(=O)OCC(COC(=O)CCCCCCC\C=C/C=C\C=C/C=C\CCCCC)OC(=O)CCCCC/C=C\C/C=C\C/C=C\C/C=C\CC. The number of unbranched alkanes of at least 4 members (excludes halogenated alkanes) is 12. The minimum absolute atomic E-state index is 0.134. The summed E-state index contributed by atoms with van der Waals surface area (Å²) >= 11 is 0. The van der Waals surface area contributed by atoms with Crippen molar-refractivity contribution in [3.8, 4) is 0 Å². The van der Waals surface area contributed by atoms with Crippen LogP contribution in [0.2, 0.25) is 0 Å². The lowest BCUT2D eigenvalue weighted by molar-refractivity contribution is -0.167. The highest BCUT2D eigenvalue weighted by molar-refractivity contribution is 5.71. The van der Waals surface area contributed by atoms with E-state index < -0.39 is 6.10 Å². The molecule has 1 atom stereocenters. The number of carbonyl (C=O) groups is 3. The van der Waals surface area contributed by atoms with Gasteiger partial charge in [-0.25, -0.2) is 0 Å². The Hall–Kier alpha value is -4.97. The molecule has 360 valence electrons. The Bertz CT molecular complexity index is 1540. The topological polar surface area (TPSA) is 78.9 Å². The first-order chi connectivity index (χ1) is 32.0. The molecule has 0 aromatic heterocycles. The summed E-state index contributed by atoms with van der Waals surface area (Å²) in [6, 6.07) is 0. The van der Waals surface area contributed by atoms with Gasteiger partial charge in [0.1, 0.15) is 13.2 Å². The maximum absolute atomic E-state index is 12.8. The second kappa shape index (κ2) is 51.7. The molecule has 0 amide bonds. The van der Waals surface area contributed by atoms with Crippen molar-refractivity contribution in [1.82, 2.24) is 0 Å². The monoisotopic (exact) mass is 893 g/mol. The molecule has 0 aliphatic carbocycles. The molecular formula is C59H88O6. The van der Waals surface area contributed by atoms with Crippen molar-refractivity contribution >= 4 is 17.9 Å². The summed E-state index contributed by atoms with van der Waals surface area (Å²) in [5.74, 6) is -1.08. The van der Waals surface area contributed by atoms with Crippen LogP contribution in [0.3, 0.4) is 0 Å². The lowest BCUT2D eigenvalue weighted by atomic mass is 10.1. The molecule has 65 heavy (non-hydrogen) atoms. The van der Waals surface area contributed by atoms with Crippen LogP contribution in [-0.2, 0) is 28.6 Å². The van der Waals surface area contributed by atoms with Crippen molar-refractivity contribution in [2.45, 2.75) is 181 Å². The Morgan fingerprint density at radius 2 is 0.692 bits per heavy atom. The molecule has 0 aromatic carbocycles. The molecule has 0 aliphatic heterocycles. The van der Waals surface area contributed by atoms with Crippen LogP contribution >= 0.6 is 0 Å². The molecule has 0 spiro atoms. The quantitative estimate of drug-likeness (QED) is 0.0200. The molecule has 1 unspecified atom stereocenters. The predicted molar refractivity (Wildman–Crippen MR) is 278 cm³/mol. The number of allylic oxidation sites excluding steroid dienone is 26. The maximum Gasteiger partial charge on any atom is 0.306 e. The summed E-state index contributed by atoms with van der Waals surface area (Å²) in [6.07, 6.45) is 75.1. The molecule has 0 saturated heterocycles. The number of hydrogen-bond acceptors (Lipinski definition) is 6. The van der Waals surface area contributed by atoms with Gasteiger partial charge in [0.2, 0.25) is 0 Å².